The molecular weight excluding hydrogens is 197 g/mol. The number of nitrogens with one attached hydrogen (secondary N) is 2. The van der Waals surface area contributed by atoms with Crippen molar-refractivity contribution in [2.75, 3.05) is 18.4 Å². The van der Waals surface area contributed by atoms with Crippen LogP contribution >= 0.6 is 0 Å². The van der Waals surface area contributed by atoms with Gasteiger partial charge in [-0.25, -0.2) is 9.18 Å². The lowest BCUT2D eigenvalue weighted by atomic mass is 10.2. The number of nitrogens with two attached hydrogens (primary N) is 1. The van der Waals surface area contributed by atoms with Crippen molar-refractivity contribution in [3.05, 3.63) is 29.6 Å². The number of carbonyl (C=O) groups is 1. The molecule has 1 rings (SSSR count). The van der Waals surface area contributed by atoms with Crippen LogP contribution < -0.4 is 16.4 Å². The maximum absolute atomic E-state index is 12.9. The topological polar surface area (TPSA) is 67.2 Å². The third-order valence-electron chi connectivity index (χ3n) is 1.85. The summed E-state index contributed by atoms with van der Waals surface area (Å²) in [7, 11) is 0. The zero-order valence-corrected chi connectivity index (χ0v) is 8.51. The molecule has 15 heavy (non-hydrogen) atoms. The fraction of sp³-hybridized carbons (Fsp3) is 0.300. The number of urea groups is 1. The highest BCUT2D eigenvalue weighted by atomic mass is 19.1. The monoisotopic (exact) mass is 211 g/mol. The Kier molecular flexibility index (Phi) is 4.05. The van der Waals surface area contributed by atoms with Crippen molar-refractivity contribution in [1.82, 2.24) is 5.32 Å². The molecular formula is C10H14FN3O. The van der Waals surface area contributed by atoms with Crippen LogP contribution in [0, 0.1) is 12.7 Å². The maximum atomic E-state index is 12.9. The molecule has 0 saturated heterocycles. The maximum Gasteiger partial charge on any atom is 0.319 e. The number of halogens is 1. The smallest absolute Gasteiger partial charge is 0.319 e. The van der Waals surface area contributed by atoms with Crippen LogP contribution in [0.15, 0.2) is 18.2 Å². The molecule has 0 heterocycles. The molecule has 0 bridgehead atoms. The van der Waals surface area contributed by atoms with E-state index in [9.17, 15) is 9.18 Å². The summed E-state index contributed by atoms with van der Waals surface area (Å²) in [5, 5.41) is 5.12. The first-order valence-electron chi connectivity index (χ1n) is 4.64. The van der Waals surface area contributed by atoms with Gasteiger partial charge in [0.1, 0.15) is 5.82 Å². The Labute approximate surface area is 87.7 Å². The fourth-order valence-electron chi connectivity index (χ4n) is 1.08. The molecule has 0 aliphatic rings. The van der Waals surface area contributed by atoms with Crippen molar-refractivity contribution in [1.29, 1.82) is 0 Å². The van der Waals surface area contributed by atoms with E-state index in [1.165, 1.54) is 12.1 Å². The highest BCUT2D eigenvalue weighted by Crippen LogP contribution is 2.13. The molecule has 0 atom stereocenters. The molecule has 4 N–H and O–H groups in total. The lowest BCUT2D eigenvalue weighted by Gasteiger charge is -2.07. The molecule has 0 unspecified atom stereocenters. The van der Waals surface area contributed by atoms with Crippen molar-refractivity contribution < 1.29 is 9.18 Å². The summed E-state index contributed by atoms with van der Waals surface area (Å²) in [5.41, 5.74) is 6.27. The lowest BCUT2D eigenvalue weighted by molar-refractivity contribution is 0.252. The number of hydrogen-bond donors (Lipinski definition) is 3. The summed E-state index contributed by atoms with van der Waals surface area (Å²) in [6.45, 7) is 2.43. The normalized spacial score (nSPS) is 9.80. The first kappa shape index (κ1) is 11.5. The van der Waals surface area contributed by atoms with Crippen LogP contribution in [-0.2, 0) is 0 Å². The van der Waals surface area contributed by atoms with Gasteiger partial charge in [-0.15, -0.1) is 0 Å². The molecule has 0 spiro atoms. The van der Waals surface area contributed by atoms with E-state index in [2.05, 4.69) is 10.6 Å². The summed E-state index contributed by atoms with van der Waals surface area (Å²) in [6.07, 6.45) is 0. The van der Waals surface area contributed by atoms with E-state index in [4.69, 9.17) is 5.73 Å². The molecule has 0 aliphatic carbocycles. The molecule has 0 radical (unpaired) electrons. The van der Waals surface area contributed by atoms with E-state index in [0.29, 0.717) is 24.3 Å². The number of carbonyl (C=O) groups excluding carboxylic acids is 1. The van der Waals surface area contributed by atoms with Crippen LogP contribution in [0.4, 0.5) is 14.9 Å². The summed E-state index contributed by atoms with van der Waals surface area (Å²) >= 11 is 0. The highest BCUT2D eigenvalue weighted by molar-refractivity contribution is 5.89. The predicted octanol–water partition coefficient (Wildman–Crippen LogP) is 1.21. The van der Waals surface area contributed by atoms with Gasteiger partial charge in [-0.1, -0.05) is 0 Å². The Morgan fingerprint density at radius 2 is 2.27 bits per heavy atom. The second-order valence-electron chi connectivity index (χ2n) is 3.13. The molecule has 0 fully saturated rings. The van der Waals surface area contributed by atoms with Gasteiger partial charge in [0.2, 0.25) is 0 Å². The summed E-state index contributed by atoms with van der Waals surface area (Å²) in [6, 6.07) is 4.04. The van der Waals surface area contributed by atoms with E-state index in [1.807, 2.05) is 0 Å². The van der Waals surface area contributed by atoms with Crippen molar-refractivity contribution in [2.24, 2.45) is 5.73 Å². The van der Waals surface area contributed by atoms with Crippen molar-refractivity contribution >= 4 is 11.7 Å². The summed E-state index contributed by atoms with van der Waals surface area (Å²) in [4.78, 5) is 11.2. The van der Waals surface area contributed by atoms with Crippen molar-refractivity contribution in [3.8, 4) is 0 Å². The van der Waals surface area contributed by atoms with Crippen LogP contribution in [0.5, 0.6) is 0 Å². The van der Waals surface area contributed by atoms with Gasteiger partial charge in [-0.05, 0) is 30.7 Å². The molecule has 4 nitrogen and oxygen atoms in total. The minimum atomic E-state index is -0.341. The lowest BCUT2D eigenvalue weighted by Crippen LogP contribution is -2.32. The number of anilines is 1. The Bertz CT molecular complexity index is 355. The van der Waals surface area contributed by atoms with Gasteiger partial charge >= 0.3 is 6.03 Å². The zero-order valence-electron chi connectivity index (χ0n) is 8.51. The number of benzene rings is 1. The minimum Gasteiger partial charge on any atom is -0.337 e. The SMILES string of the molecule is Cc1cc(NC(=O)NCCN)ccc1F. The number of hydrogen-bond acceptors (Lipinski definition) is 2. The quantitative estimate of drug-likeness (QED) is 0.703. The third-order valence-corrected chi connectivity index (χ3v) is 1.85. The molecule has 5 heteroatoms. The minimum absolute atomic E-state index is 0.289. The van der Waals surface area contributed by atoms with E-state index < -0.39 is 0 Å². The Morgan fingerprint density at radius 3 is 2.87 bits per heavy atom. The van der Waals surface area contributed by atoms with Gasteiger partial charge < -0.3 is 16.4 Å². The Balaban J connectivity index is 2.57. The largest absolute Gasteiger partial charge is 0.337 e. The Morgan fingerprint density at radius 1 is 1.53 bits per heavy atom. The fourth-order valence-corrected chi connectivity index (χ4v) is 1.08. The van der Waals surface area contributed by atoms with Crippen LogP contribution in [0.2, 0.25) is 0 Å². The van der Waals surface area contributed by atoms with Crippen LogP contribution in [0.3, 0.4) is 0 Å². The highest BCUT2D eigenvalue weighted by Gasteiger charge is 2.02. The van der Waals surface area contributed by atoms with Crippen molar-refractivity contribution in [2.45, 2.75) is 6.92 Å². The molecule has 1 aromatic carbocycles. The first-order chi connectivity index (χ1) is 7.13. The Hall–Kier alpha value is -1.62. The number of amides is 2. The van der Waals surface area contributed by atoms with E-state index in [1.54, 1.807) is 13.0 Å². The zero-order chi connectivity index (χ0) is 11.3. The molecule has 82 valence electrons. The molecule has 2 amide bonds. The van der Waals surface area contributed by atoms with Gasteiger partial charge in [0, 0.05) is 18.8 Å². The second kappa shape index (κ2) is 5.31. The van der Waals surface area contributed by atoms with Crippen LogP contribution in [0.25, 0.3) is 0 Å². The summed E-state index contributed by atoms with van der Waals surface area (Å²) < 4.78 is 12.9. The predicted molar refractivity (Wildman–Crippen MR) is 57.2 cm³/mol. The molecule has 0 aliphatic heterocycles. The average molecular weight is 211 g/mol. The van der Waals surface area contributed by atoms with Gasteiger partial charge in [0.25, 0.3) is 0 Å². The number of rotatable bonds is 3. The van der Waals surface area contributed by atoms with Crippen LogP contribution in [-0.4, -0.2) is 19.1 Å². The standard InChI is InChI=1S/C10H14FN3O/c1-7-6-8(2-3-9(7)11)14-10(15)13-5-4-12/h2-3,6H,4-5,12H2,1H3,(H2,13,14,15). The molecule has 1 aromatic rings. The first-order valence-corrected chi connectivity index (χ1v) is 4.64. The molecule has 0 saturated carbocycles. The number of aryl methyl sites for hydroxylation is 1. The van der Waals surface area contributed by atoms with Gasteiger partial charge in [0.05, 0.1) is 0 Å². The van der Waals surface area contributed by atoms with Gasteiger partial charge in [-0.2, -0.15) is 0 Å². The van der Waals surface area contributed by atoms with E-state index in [0.717, 1.165) is 0 Å². The average Bonchev–Trinajstić information content (AvgIpc) is 2.20. The summed E-state index contributed by atoms with van der Waals surface area (Å²) in [5.74, 6) is -0.289. The second-order valence-corrected chi connectivity index (χ2v) is 3.13. The van der Waals surface area contributed by atoms with E-state index in [-0.39, 0.29) is 11.8 Å². The molecule has 0 aromatic heterocycles. The van der Waals surface area contributed by atoms with Gasteiger partial charge in [-0.3, -0.25) is 0 Å². The van der Waals surface area contributed by atoms with Crippen LogP contribution in [0.1, 0.15) is 5.56 Å². The van der Waals surface area contributed by atoms with E-state index >= 15 is 0 Å². The van der Waals surface area contributed by atoms with Gasteiger partial charge in [0.15, 0.2) is 0 Å². The third kappa shape index (κ3) is 3.55. The van der Waals surface area contributed by atoms with Crippen molar-refractivity contribution in [3.63, 3.8) is 0 Å².